The Kier molecular flexibility index (Phi) is 6.28. The minimum atomic E-state index is 0.946. The third kappa shape index (κ3) is 5.34. The average Bonchev–Trinajstić information content (AvgIpc) is 2.71. The summed E-state index contributed by atoms with van der Waals surface area (Å²) in [4.78, 5) is 8.90. The van der Waals surface area contributed by atoms with Gasteiger partial charge < -0.3 is 9.80 Å². The second kappa shape index (κ2) is 9.05. The third-order valence-corrected chi connectivity index (χ3v) is 4.50. The standard InChI is InChI=1S/C25H27N3/c1-27(2)24-16-10-20(11-17-24)8-14-22-6-5-7-23(26-22)15-9-21-12-18-25(19-13-21)28(3)4/h5-19H,1-4H3. The molecule has 2 aromatic carbocycles. The first-order valence-corrected chi connectivity index (χ1v) is 9.39. The molecule has 0 saturated carbocycles. The lowest BCUT2D eigenvalue weighted by atomic mass is 10.1. The maximum absolute atomic E-state index is 4.70. The van der Waals surface area contributed by atoms with Gasteiger partial charge in [0.25, 0.3) is 0 Å². The van der Waals surface area contributed by atoms with Crippen molar-refractivity contribution in [2.45, 2.75) is 0 Å². The molecule has 0 bridgehead atoms. The molecule has 0 N–H and O–H groups in total. The number of pyridine rings is 1. The molecule has 0 saturated heterocycles. The number of benzene rings is 2. The van der Waals surface area contributed by atoms with Crippen molar-refractivity contribution in [3.63, 3.8) is 0 Å². The van der Waals surface area contributed by atoms with E-state index in [4.69, 9.17) is 4.98 Å². The predicted octanol–water partition coefficient (Wildman–Crippen LogP) is 5.55. The number of rotatable bonds is 6. The average molecular weight is 370 g/mol. The Morgan fingerprint density at radius 3 is 1.29 bits per heavy atom. The van der Waals surface area contributed by atoms with Crippen LogP contribution in [0.2, 0.25) is 0 Å². The second-order valence-electron chi connectivity index (χ2n) is 7.13. The number of anilines is 2. The molecular formula is C25H27N3. The Morgan fingerprint density at radius 1 is 0.536 bits per heavy atom. The van der Waals surface area contributed by atoms with E-state index in [1.807, 2.05) is 58.5 Å². The zero-order chi connectivity index (χ0) is 19.9. The fourth-order valence-corrected chi connectivity index (χ4v) is 2.78. The Bertz CT molecular complexity index is 873. The van der Waals surface area contributed by atoms with Crippen LogP contribution in [0.5, 0.6) is 0 Å². The molecule has 0 fully saturated rings. The van der Waals surface area contributed by atoms with Gasteiger partial charge in [0.05, 0.1) is 11.4 Å². The molecule has 3 heteroatoms. The van der Waals surface area contributed by atoms with Gasteiger partial charge >= 0.3 is 0 Å². The van der Waals surface area contributed by atoms with Gasteiger partial charge in [-0.3, -0.25) is 0 Å². The third-order valence-electron chi connectivity index (χ3n) is 4.50. The highest BCUT2D eigenvalue weighted by Gasteiger charge is 1.96. The van der Waals surface area contributed by atoms with Crippen molar-refractivity contribution in [1.29, 1.82) is 0 Å². The highest BCUT2D eigenvalue weighted by Crippen LogP contribution is 2.16. The summed E-state index contributed by atoms with van der Waals surface area (Å²) in [6, 6.07) is 23.0. The van der Waals surface area contributed by atoms with Gasteiger partial charge in [0.2, 0.25) is 0 Å². The SMILES string of the molecule is CN(C)c1ccc(C=Cc2cccc(C=Cc3ccc(N(C)C)cc3)n2)cc1. The summed E-state index contributed by atoms with van der Waals surface area (Å²) in [5.41, 5.74) is 6.61. The number of nitrogens with zero attached hydrogens (tertiary/aromatic N) is 3. The molecule has 0 aliphatic rings. The summed E-state index contributed by atoms with van der Waals surface area (Å²) in [5.74, 6) is 0. The molecule has 3 nitrogen and oxygen atoms in total. The summed E-state index contributed by atoms with van der Waals surface area (Å²) in [5, 5.41) is 0. The molecular weight excluding hydrogens is 342 g/mol. The van der Waals surface area contributed by atoms with E-state index in [2.05, 4.69) is 70.5 Å². The van der Waals surface area contributed by atoms with Crippen LogP contribution in [0.3, 0.4) is 0 Å². The minimum Gasteiger partial charge on any atom is -0.378 e. The molecule has 1 aromatic heterocycles. The van der Waals surface area contributed by atoms with Crippen molar-refractivity contribution in [2.24, 2.45) is 0 Å². The van der Waals surface area contributed by atoms with Crippen LogP contribution < -0.4 is 9.80 Å². The van der Waals surface area contributed by atoms with Gasteiger partial charge in [-0.25, -0.2) is 4.98 Å². The van der Waals surface area contributed by atoms with Gasteiger partial charge in [0.1, 0.15) is 0 Å². The normalized spacial score (nSPS) is 11.3. The van der Waals surface area contributed by atoms with Gasteiger partial charge in [-0.2, -0.15) is 0 Å². The molecule has 0 aliphatic carbocycles. The van der Waals surface area contributed by atoms with Gasteiger partial charge in [-0.05, 0) is 59.7 Å². The van der Waals surface area contributed by atoms with Gasteiger partial charge in [-0.1, -0.05) is 42.5 Å². The first-order valence-electron chi connectivity index (χ1n) is 9.39. The molecule has 3 rings (SSSR count). The Morgan fingerprint density at radius 2 is 0.929 bits per heavy atom. The fourth-order valence-electron chi connectivity index (χ4n) is 2.78. The quantitative estimate of drug-likeness (QED) is 0.567. The summed E-state index contributed by atoms with van der Waals surface area (Å²) in [6.07, 6.45) is 8.28. The van der Waals surface area contributed by atoms with E-state index in [-0.39, 0.29) is 0 Å². The van der Waals surface area contributed by atoms with Crippen LogP contribution >= 0.6 is 0 Å². The molecule has 0 spiro atoms. The van der Waals surface area contributed by atoms with Crippen molar-refractivity contribution in [2.75, 3.05) is 38.0 Å². The van der Waals surface area contributed by atoms with Crippen LogP contribution in [0.15, 0.2) is 66.7 Å². The molecule has 0 unspecified atom stereocenters. The minimum absolute atomic E-state index is 0.946. The van der Waals surface area contributed by atoms with E-state index >= 15 is 0 Å². The molecule has 0 radical (unpaired) electrons. The lowest BCUT2D eigenvalue weighted by Gasteiger charge is -2.11. The maximum Gasteiger partial charge on any atom is 0.0637 e. The molecule has 1 heterocycles. The van der Waals surface area contributed by atoms with E-state index in [1.165, 1.54) is 11.4 Å². The topological polar surface area (TPSA) is 19.4 Å². The number of aromatic nitrogens is 1. The zero-order valence-electron chi connectivity index (χ0n) is 17.0. The van der Waals surface area contributed by atoms with Crippen LogP contribution in [0.25, 0.3) is 24.3 Å². The van der Waals surface area contributed by atoms with Crippen molar-refractivity contribution in [3.8, 4) is 0 Å². The van der Waals surface area contributed by atoms with Gasteiger partial charge in [0, 0.05) is 39.6 Å². The number of hydrogen-bond acceptors (Lipinski definition) is 3. The first-order chi connectivity index (χ1) is 13.5. The molecule has 28 heavy (non-hydrogen) atoms. The predicted molar refractivity (Wildman–Crippen MR) is 124 cm³/mol. The van der Waals surface area contributed by atoms with Crippen LogP contribution in [0.1, 0.15) is 22.5 Å². The van der Waals surface area contributed by atoms with E-state index in [0.29, 0.717) is 0 Å². The highest BCUT2D eigenvalue weighted by atomic mass is 15.1. The van der Waals surface area contributed by atoms with E-state index < -0.39 is 0 Å². The smallest absolute Gasteiger partial charge is 0.0637 e. The Labute approximate surface area is 168 Å². The van der Waals surface area contributed by atoms with Gasteiger partial charge in [0.15, 0.2) is 0 Å². The van der Waals surface area contributed by atoms with E-state index in [0.717, 1.165) is 22.5 Å². The van der Waals surface area contributed by atoms with Crippen molar-refractivity contribution >= 4 is 35.7 Å². The monoisotopic (exact) mass is 369 g/mol. The lowest BCUT2D eigenvalue weighted by Crippen LogP contribution is -2.07. The van der Waals surface area contributed by atoms with E-state index in [1.54, 1.807) is 0 Å². The molecule has 3 aromatic rings. The molecule has 0 aliphatic heterocycles. The zero-order valence-corrected chi connectivity index (χ0v) is 17.0. The summed E-state index contributed by atoms with van der Waals surface area (Å²) in [6.45, 7) is 0. The van der Waals surface area contributed by atoms with Crippen molar-refractivity contribution in [1.82, 2.24) is 4.98 Å². The number of hydrogen-bond donors (Lipinski definition) is 0. The van der Waals surface area contributed by atoms with Crippen LogP contribution in [-0.4, -0.2) is 33.2 Å². The molecule has 0 atom stereocenters. The first kappa shape index (κ1) is 19.4. The lowest BCUT2D eigenvalue weighted by molar-refractivity contribution is 1.13. The fraction of sp³-hybridized carbons (Fsp3) is 0.160. The maximum atomic E-state index is 4.70. The molecule has 0 amide bonds. The van der Waals surface area contributed by atoms with Crippen LogP contribution in [0.4, 0.5) is 11.4 Å². The Hall–Kier alpha value is -3.33. The van der Waals surface area contributed by atoms with E-state index in [9.17, 15) is 0 Å². The van der Waals surface area contributed by atoms with Crippen molar-refractivity contribution < 1.29 is 0 Å². The van der Waals surface area contributed by atoms with Crippen molar-refractivity contribution in [3.05, 3.63) is 89.2 Å². The van der Waals surface area contributed by atoms with Crippen LogP contribution in [-0.2, 0) is 0 Å². The van der Waals surface area contributed by atoms with Gasteiger partial charge in [-0.15, -0.1) is 0 Å². The highest BCUT2D eigenvalue weighted by molar-refractivity contribution is 5.72. The molecule has 142 valence electrons. The summed E-state index contributed by atoms with van der Waals surface area (Å²) < 4.78 is 0. The van der Waals surface area contributed by atoms with Crippen LogP contribution in [0, 0.1) is 0 Å². The summed E-state index contributed by atoms with van der Waals surface area (Å²) >= 11 is 0. The second-order valence-corrected chi connectivity index (χ2v) is 7.13. The Balaban J connectivity index is 1.69. The largest absolute Gasteiger partial charge is 0.378 e. The summed E-state index contributed by atoms with van der Waals surface area (Å²) in [7, 11) is 8.18.